The lowest BCUT2D eigenvalue weighted by molar-refractivity contribution is -0.393. The van der Waals surface area contributed by atoms with E-state index in [9.17, 15) is 25.0 Å². The summed E-state index contributed by atoms with van der Waals surface area (Å²) in [7, 11) is 1.29. The number of carbonyl (C=O) groups is 1. The Hall–Kier alpha value is -3.30. The van der Waals surface area contributed by atoms with Crippen LogP contribution in [-0.2, 0) is 9.53 Å². The molecule has 0 radical (unpaired) electrons. The molecule has 1 aromatic carbocycles. The van der Waals surface area contributed by atoms with E-state index in [1.165, 1.54) is 13.2 Å². The van der Waals surface area contributed by atoms with Crippen LogP contribution < -0.4 is 5.43 Å². The van der Waals surface area contributed by atoms with Crippen molar-refractivity contribution in [3.05, 3.63) is 49.6 Å². The van der Waals surface area contributed by atoms with E-state index in [1.54, 1.807) is 6.92 Å². The molecule has 0 bridgehead atoms. The van der Waals surface area contributed by atoms with E-state index in [0.717, 1.165) is 12.1 Å². The highest BCUT2D eigenvalue weighted by molar-refractivity contribution is 6.10. The molecule has 0 saturated heterocycles. The molecule has 10 heteroatoms. The van der Waals surface area contributed by atoms with Crippen LogP contribution >= 0.6 is 0 Å². The van der Waals surface area contributed by atoms with Crippen LogP contribution in [-0.4, -0.2) is 28.6 Å². The van der Waals surface area contributed by atoms with Gasteiger partial charge in [-0.3, -0.25) is 25.7 Å². The third-order valence-corrected chi connectivity index (χ3v) is 3.63. The number of anilines is 1. The maximum absolute atomic E-state index is 11.6. The van der Waals surface area contributed by atoms with Crippen LogP contribution in [0, 0.1) is 20.2 Å². The van der Waals surface area contributed by atoms with Crippen LogP contribution in [0.2, 0.25) is 0 Å². The minimum Gasteiger partial charge on any atom is -0.466 e. The summed E-state index contributed by atoms with van der Waals surface area (Å²) in [5.41, 5.74) is 3.47. The van der Waals surface area contributed by atoms with E-state index in [2.05, 4.69) is 15.3 Å². The number of esters is 1. The van der Waals surface area contributed by atoms with E-state index in [0.29, 0.717) is 29.7 Å². The van der Waals surface area contributed by atoms with E-state index in [-0.39, 0.29) is 11.4 Å². The van der Waals surface area contributed by atoms with E-state index >= 15 is 0 Å². The Labute approximate surface area is 136 Å². The molecule has 0 atom stereocenters. The number of ether oxygens (including phenoxy) is 1. The largest absolute Gasteiger partial charge is 0.466 e. The van der Waals surface area contributed by atoms with Crippen molar-refractivity contribution in [2.45, 2.75) is 19.8 Å². The van der Waals surface area contributed by atoms with Crippen LogP contribution in [0.15, 0.2) is 34.4 Å². The maximum Gasteiger partial charge on any atom is 0.334 e. The van der Waals surface area contributed by atoms with Crippen LogP contribution in [0.25, 0.3) is 0 Å². The predicted molar refractivity (Wildman–Crippen MR) is 84.8 cm³/mol. The summed E-state index contributed by atoms with van der Waals surface area (Å²) in [6.07, 6.45) is 0.964. The van der Waals surface area contributed by atoms with Gasteiger partial charge in [0, 0.05) is 11.6 Å². The Morgan fingerprint density at radius 2 is 1.96 bits per heavy atom. The van der Waals surface area contributed by atoms with Crippen molar-refractivity contribution in [2.24, 2.45) is 5.10 Å². The topological polar surface area (TPSA) is 137 Å². The molecule has 10 nitrogen and oxygen atoms in total. The fourth-order valence-electron chi connectivity index (χ4n) is 2.32. The van der Waals surface area contributed by atoms with Crippen molar-refractivity contribution in [1.29, 1.82) is 0 Å². The Kier molecular flexibility index (Phi) is 4.87. The van der Waals surface area contributed by atoms with Crippen LogP contribution in [0.4, 0.5) is 17.1 Å². The first-order valence-electron chi connectivity index (χ1n) is 6.89. The zero-order valence-electron chi connectivity index (χ0n) is 12.9. The number of methoxy groups -OCH3 is 1. The third-order valence-electron chi connectivity index (χ3n) is 3.63. The number of benzene rings is 1. The average Bonchev–Trinajstić information content (AvgIpc) is 2.92. The molecular formula is C14H14N4O6. The normalized spacial score (nSPS) is 15.5. The highest BCUT2D eigenvalue weighted by atomic mass is 16.6. The van der Waals surface area contributed by atoms with Gasteiger partial charge in [0.1, 0.15) is 5.69 Å². The lowest BCUT2D eigenvalue weighted by Crippen LogP contribution is -2.05. The summed E-state index contributed by atoms with van der Waals surface area (Å²) in [5, 5.41) is 25.9. The minimum atomic E-state index is -0.729. The number of hydrazone groups is 1. The molecule has 0 aliphatic heterocycles. The molecule has 0 amide bonds. The number of nitro benzene ring substituents is 2. The summed E-state index contributed by atoms with van der Waals surface area (Å²) in [6.45, 7) is 1.71. The number of nitro groups is 2. The van der Waals surface area contributed by atoms with Crippen molar-refractivity contribution in [3.8, 4) is 0 Å². The lowest BCUT2D eigenvalue weighted by atomic mass is 10.2. The van der Waals surface area contributed by atoms with Crippen molar-refractivity contribution in [1.82, 2.24) is 0 Å². The van der Waals surface area contributed by atoms with Gasteiger partial charge in [0.15, 0.2) is 0 Å². The zero-order valence-corrected chi connectivity index (χ0v) is 12.9. The summed E-state index contributed by atoms with van der Waals surface area (Å²) < 4.78 is 4.68. The SMILES string of the molecule is COC(=O)C1=C(C)C(=NNc2ccc([N+](=O)[O-])cc2[N+](=O)[O-])CC1. The molecule has 0 unspecified atom stereocenters. The van der Waals surface area contributed by atoms with Gasteiger partial charge in [-0.2, -0.15) is 5.10 Å². The van der Waals surface area contributed by atoms with Gasteiger partial charge < -0.3 is 4.74 Å². The summed E-state index contributed by atoms with van der Waals surface area (Å²) in [5.74, 6) is -0.431. The first-order valence-corrected chi connectivity index (χ1v) is 6.89. The van der Waals surface area contributed by atoms with Gasteiger partial charge in [-0.15, -0.1) is 0 Å². The Morgan fingerprint density at radius 1 is 1.25 bits per heavy atom. The van der Waals surface area contributed by atoms with Gasteiger partial charge in [0.2, 0.25) is 0 Å². The smallest absolute Gasteiger partial charge is 0.334 e. The van der Waals surface area contributed by atoms with E-state index in [1.807, 2.05) is 0 Å². The fraction of sp³-hybridized carbons (Fsp3) is 0.286. The molecule has 126 valence electrons. The van der Waals surface area contributed by atoms with Gasteiger partial charge >= 0.3 is 11.7 Å². The van der Waals surface area contributed by atoms with Gasteiger partial charge in [-0.1, -0.05) is 0 Å². The number of rotatable bonds is 5. The molecule has 1 N–H and O–H groups in total. The highest BCUT2D eigenvalue weighted by Crippen LogP contribution is 2.30. The molecule has 1 aliphatic rings. The van der Waals surface area contributed by atoms with Crippen molar-refractivity contribution < 1.29 is 19.4 Å². The minimum absolute atomic E-state index is 0.0254. The van der Waals surface area contributed by atoms with Crippen LogP contribution in [0.3, 0.4) is 0 Å². The molecular weight excluding hydrogens is 320 g/mol. The molecule has 0 heterocycles. The molecule has 0 aromatic heterocycles. The Morgan fingerprint density at radius 3 is 2.54 bits per heavy atom. The summed E-state index contributed by atoms with van der Waals surface area (Å²) >= 11 is 0. The number of hydrogen-bond acceptors (Lipinski definition) is 8. The number of nitrogens with one attached hydrogen (secondary N) is 1. The Balaban J connectivity index is 2.29. The van der Waals surface area contributed by atoms with Gasteiger partial charge in [-0.05, 0) is 31.4 Å². The monoisotopic (exact) mass is 334 g/mol. The number of nitrogens with zero attached hydrogens (tertiary/aromatic N) is 3. The molecule has 24 heavy (non-hydrogen) atoms. The second-order valence-electron chi connectivity index (χ2n) is 4.98. The number of non-ortho nitro benzene ring substituents is 1. The lowest BCUT2D eigenvalue weighted by Gasteiger charge is -2.04. The molecule has 1 aliphatic carbocycles. The maximum atomic E-state index is 11.6. The van der Waals surface area contributed by atoms with Crippen LogP contribution in [0.1, 0.15) is 19.8 Å². The molecule has 0 spiro atoms. The van der Waals surface area contributed by atoms with Gasteiger partial charge in [0.25, 0.3) is 5.69 Å². The van der Waals surface area contributed by atoms with Crippen LogP contribution in [0.5, 0.6) is 0 Å². The molecule has 0 fully saturated rings. The highest BCUT2D eigenvalue weighted by Gasteiger charge is 2.24. The number of hydrogen-bond donors (Lipinski definition) is 1. The van der Waals surface area contributed by atoms with Gasteiger partial charge in [0.05, 0.1) is 28.7 Å². The average molecular weight is 334 g/mol. The quantitative estimate of drug-likeness (QED) is 0.496. The van der Waals surface area contributed by atoms with Crippen molar-refractivity contribution in [2.75, 3.05) is 12.5 Å². The van der Waals surface area contributed by atoms with Crippen molar-refractivity contribution >= 4 is 28.7 Å². The first kappa shape index (κ1) is 17.1. The van der Waals surface area contributed by atoms with E-state index in [4.69, 9.17) is 0 Å². The summed E-state index contributed by atoms with van der Waals surface area (Å²) in [4.78, 5) is 31.9. The van der Waals surface area contributed by atoms with Crippen molar-refractivity contribution in [3.63, 3.8) is 0 Å². The molecule has 0 saturated carbocycles. The Bertz CT molecular complexity index is 783. The standard InChI is InChI=1S/C14H14N4O6/c1-8-10(14(19)24-2)4-6-11(8)15-16-12-5-3-9(17(20)21)7-13(12)18(22)23/h3,5,7,16H,4,6H2,1-2H3. The van der Waals surface area contributed by atoms with E-state index < -0.39 is 21.5 Å². The van der Waals surface area contributed by atoms with Gasteiger partial charge in [-0.25, -0.2) is 4.79 Å². The molecule has 1 aromatic rings. The number of allylic oxidation sites excluding steroid dienone is 1. The second-order valence-corrected chi connectivity index (χ2v) is 4.98. The summed E-state index contributed by atoms with van der Waals surface area (Å²) in [6, 6.07) is 3.22. The zero-order chi connectivity index (χ0) is 17.9. The first-order chi connectivity index (χ1) is 11.3. The fourth-order valence-corrected chi connectivity index (χ4v) is 2.32. The third kappa shape index (κ3) is 3.37. The molecule has 2 rings (SSSR count). The number of carbonyl (C=O) groups excluding carboxylic acids is 1. The predicted octanol–water partition coefficient (Wildman–Crippen LogP) is 2.55. The second kappa shape index (κ2) is 6.86.